The van der Waals surface area contributed by atoms with Gasteiger partial charge in [-0.25, -0.2) is 4.98 Å². The van der Waals surface area contributed by atoms with Crippen LogP contribution in [0.5, 0.6) is 11.5 Å². The highest BCUT2D eigenvalue weighted by Crippen LogP contribution is 2.31. The maximum absolute atomic E-state index is 13.1. The van der Waals surface area contributed by atoms with Crippen molar-refractivity contribution in [3.8, 4) is 11.5 Å². The van der Waals surface area contributed by atoms with Gasteiger partial charge in [0.15, 0.2) is 11.5 Å². The molecule has 154 valence electrons. The SMILES string of the molecule is Cc1nc2nc(C(F)(F)F)nn2c2ccn(Cc3ccc4c(c3)OCCO4)c(=O)c12. The number of nitrogens with zero attached hydrogens (tertiary/aromatic N) is 5. The molecular weight excluding hydrogens is 403 g/mol. The molecular formula is C19H14F3N5O3. The third-order valence-corrected chi connectivity index (χ3v) is 4.80. The minimum atomic E-state index is -4.71. The summed E-state index contributed by atoms with van der Waals surface area (Å²) in [7, 11) is 0. The molecule has 3 aromatic heterocycles. The average Bonchev–Trinajstić information content (AvgIpc) is 3.14. The van der Waals surface area contributed by atoms with Gasteiger partial charge in [0, 0.05) is 6.20 Å². The molecule has 5 rings (SSSR count). The van der Waals surface area contributed by atoms with E-state index >= 15 is 0 Å². The number of alkyl halides is 3. The van der Waals surface area contributed by atoms with Crippen LogP contribution in [-0.4, -0.2) is 37.4 Å². The second-order valence-corrected chi connectivity index (χ2v) is 6.83. The molecule has 0 N–H and O–H groups in total. The van der Waals surface area contributed by atoms with E-state index in [1.807, 2.05) is 6.07 Å². The Labute approximate surface area is 166 Å². The van der Waals surface area contributed by atoms with Crippen molar-refractivity contribution in [1.29, 1.82) is 0 Å². The van der Waals surface area contributed by atoms with E-state index < -0.39 is 17.6 Å². The number of fused-ring (bicyclic) bond motifs is 4. The topological polar surface area (TPSA) is 83.5 Å². The fourth-order valence-electron chi connectivity index (χ4n) is 3.45. The second-order valence-electron chi connectivity index (χ2n) is 6.83. The first-order chi connectivity index (χ1) is 14.3. The quantitative estimate of drug-likeness (QED) is 0.499. The molecule has 4 aromatic rings. The third kappa shape index (κ3) is 2.93. The molecule has 30 heavy (non-hydrogen) atoms. The van der Waals surface area contributed by atoms with E-state index in [0.29, 0.717) is 24.7 Å². The Hall–Kier alpha value is -3.63. The molecule has 0 aliphatic carbocycles. The summed E-state index contributed by atoms with van der Waals surface area (Å²) < 4.78 is 52.4. The van der Waals surface area contributed by atoms with Gasteiger partial charge in [0.05, 0.1) is 23.1 Å². The summed E-state index contributed by atoms with van der Waals surface area (Å²) in [4.78, 5) is 20.6. The van der Waals surface area contributed by atoms with E-state index in [-0.39, 0.29) is 28.9 Å². The zero-order valence-corrected chi connectivity index (χ0v) is 15.6. The average molecular weight is 417 g/mol. The first kappa shape index (κ1) is 18.4. The Kier molecular flexibility index (Phi) is 3.95. The Morgan fingerprint density at radius 1 is 1.10 bits per heavy atom. The second kappa shape index (κ2) is 6.44. The third-order valence-electron chi connectivity index (χ3n) is 4.80. The van der Waals surface area contributed by atoms with Crippen LogP contribution in [0, 0.1) is 6.92 Å². The highest BCUT2D eigenvalue weighted by Gasteiger charge is 2.37. The Balaban J connectivity index is 1.61. The summed E-state index contributed by atoms with van der Waals surface area (Å²) in [6.07, 6.45) is -3.20. The van der Waals surface area contributed by atoms with E-state index in [1.165, 1.54) is 16.8 Å². The minimum absolute atomic E-state index is 0.182. The van der Waals surface area contributed by atoms with Gasteiger partial charge in [-0.3, -0.25) is 4.79 Å². The lowest BCUT2D eigenvalue weighted by molar-refractivity contribution is -0.144. The minimum Gasteiger partial charge on any atom is -0.486 e. The molecule has 0 saturated carbocycles. The maximum Gasteiger partial charge on any atom is 0.453 e. The molecule has 1 aromatic carbocycles. The van der Waals surface area contributed by atoms with Gasteiger partial charge >= 0.3 is 6.18 Å². The standard InChI is InChI=1S/C19H14F3N5O3/c1-10-15-12(27-18(23-10)24-17(25-27)19(20,21)22)4-5-26(16(15)28)9-11-2-3-13-14(8-11)30-7-6-29-13/h2-5,8H,6-7,9H2,1H3. The number of hydrogen-bond acceptors (Lipinski definition) is 6. The number of hydrogen-bond donors (Lipinski definition) is 0. The Morgan fingerprint density at radius 3 is 2.63 bits per heavy atom. The van der Waals surface area contributed by atoms with Crippen LogP contribution in [-0.2, 0) is 12.7 Å². The summed E-state index contributed by atoms with van der Waals surface area (Å²) >= 11 is 0. The van der Waals surface area contributed by atoms with E-state index in [4.69, 9.17) is 9.47 Å². The van der Waals surface area contributed by atoms with Crippen molar-refractivity contribution in [3.63, 3.8) is 0 Å². The smallest absolute Gasteiger partial charge is 0.453 e. The van der Waals surface area contributed by atoms with Gasteiger partial charge in [0.1, 0.15) is 13.2 Å². The van der Waals surface area contributed by atoms with E-state index in [0.717, 1.165) is 10.1 Å². The molecule has 1 aliphatic heterocycles. The van der Waals surface area contributed by atoms with E-state index in [9.17, 15) is 18.0 Å². The summed E-state index contributed by atoms with van der Waals surface area (Å²) in [6.45, 7) is 2.73. The van der Waals surface area contributed by atoms with Gasteiger partial charge in [-0.15, -0.1) is 5.10 Å². The Bertz CT molecular complexity index is 1360. The molecule has 11 heteroatoms. The normalized spacial score (nSPS) is 13.9. The van der Waals surface area contributed by atoms with Crippen molar-refractivity contribution in [3.05, 3.63) is 57.9 Å². The van der Waals surface area contributed by atoms with Crippen LogP contribution in [0.2, 0.25) is 0 Å². The summed E-state index contributed by atoms with van der Waals surface area (Å²) in [5.74, 6) is -0.266. The van der Waals surface area contributed by atoms with Crippen LogP contribution in [0.25, 0.3) is 16.7 Å². The van der Waals surface area contributed by atoms with Gasteiger partial charge in [-0.2, -0.15) is 22.7 Å². The lowest BCUT2D eigenvalue weighted by Crippen LogP contribution is -2.22. The Morgan fingerprint density at radius 2 is 1.87 bits per heavy atom. The van der Waals surface area contributed by atoms with Crippen LogP contribution >= 0.6 is 0 Å². The molecule has 0 amide bonds. The van der Waals surface area contributed by atoms with Gasteiger partial charge in [0.2, 0.25) is 0 Å². The van der Waals surface area contributed by atoms with Crippen molar-refractivity contribution < 1.29 is 22.6 Å². The number of rotatable bonds is 2. The van der Waals surface area contributed by atoms with Crippen LogP contribution in [0.3, 0.4) is 0 Å². The zero-order chi connectivity index (χ0) is 21.0. The largest absolute Gasteiger partial charge is 0.486 e. The summed E-state index contributed by atoms with van der Waals surface area (Å²) in [6, 6.07) is 6.93. The monoisotopic (exact) mass is 417 g/mol. The predicted octanol–water partition coefficient (Wildman–Crippen LogP) is 2.59. The van der Waals surface area contributed by atoms with Crippen molar-refractivity contribution in [2.24, 2.45) is 0 Å². The number of aryl methyl sites for hydroxylation is 1. The number of ether oxygens (including phenoxy) is 2. The number of halogens is 3. The first-order valence-electron chi connectivity index (χ1n) is 9.03. The molecule has 4 heterocycles. The number of benzene rings is 1. The van der Waals surface area contributed by atoms with Gasteiger partial charge in [0.25, 0.3) is 17.2 Å². The lowest BCUT2D eigenvalue weighted by atomic mass is 10.1. The van der Waals surface area contributed by atoms with Crippen molar-refractivity contribution in [2.75, 3.05) is 13.2 Å². The van der Waals surface area contributed by atoms with Crippen LogP contribution in [0.4, 0.5) is 13.2 Å². The molecule has 0 fully saturated rings. The molecule has 8 nitrogen and oxygen atoms in total. The molecule has 0 saturated heterocycles. The van der Waals surface area contributed by atoms with Gasteiger partial charge in [-0.1, -0.05) is 6.07 Å². The summed E-state index contributed by atoms with van der Waals surface area (Å²) in [5, 5.41) is 3.68. The lowest BCUT2D eigenvalue weighted by Gasteiger charge is -2.19. The number of pyridine rings is 1. The highest BCUT2D eigenvalue weighted by molar-refractivity contribution is 5.81. The van der Waals surface area contributed by atoms with Crippen LogP contribution in [0.1, 0.15) is 17.1 Å². The maximum atomic E-state index is 13.1. The fraction of sp³-hybridized carbons (Fsp3) is 0.263. The van der Waals surface area contributed by atoms with Crippen molar-refractivity contribution in [2.45, 2.75) is 19.6 Å². The zero-order valence-electron chi connectivity index (χ0n) is 15.6. The molecule has 0 atom stereocenters. The molecule has 0 radical (unpaired) electrons. The van der Waals surface area contributed by atoms with Crippen LogP contribution < -0.4 is 15.0 Å². The molecule has 0 spiro atoms. The molecule has 0 unspecified atom stereocenters. The first-order valence-corrected chi connectivity index (χ1v) is 9.03. The molecule has 1 aliphatic rings. The van der Waals surface area contributed by atoms with Crippen LogP contribution in [0.15, 0.2) is 35.3 Å². The predicted molar refractivity (Wildman–Crippen MR) is 98.8 cm³/mol. The van der Waals surface area contributed by atoms with Gasteiger partial charge < -0.3 is 14.0 Å². The fourth-order valence-corrected chi connectivity index (χ4v) is 3.45. The van der Waals surface area contributed by atoms with Gasteiger partial charge in [-0.05, 0) is 30.7 Å². The van der Waals surface area contributed by atoms with Crippen molar-refractivity contribution in [1.82, 2.24) is 24.1 Å². The van der Waals surface area contributed by atoms with E-state index in [1.54, 1.807) is 19.1 Å². The molecule has 0 bridgehead atoms. The summed E-state index contributed by atoms with van der Waals surface area (Å²) in [5.41, 5.74) is 0.912. The van der Waals surface area contributed by atoms with E-state index in [2.05, 4.69) is 15.1 Å². The van der Waals surface area contributed by atoms with Crippen molar-refractivity contribution >= 4 is 16.7 Å². The highest BCUT2D eigenvalue weighted by atomic mass is 19.4. The number of aromatic nitrogens is 5.